The lowest BCUT2D eigenvalue weighted by Gasteiger charge is -2.35. The number of rotatable bonds is 8. The zero-order valence-corrected chi connectivity index (χ0v) is 19.0. The second-order valence-electron chi connectivity index (χ2n) is 9.62. The average Bonchev–Trinajstić information content (AvgIpc) is 2.97. The quantitative estimate of drug-likeness (QED) is 0.644. The smallest absolute Gasteiger partial charge is 0.214 e. The van der Waals surface area contributed by atoms with Crippen LogP contribution in [0.2, 0.25) is 0 Å². The summed E-state index contributed by atoms with van der Waals surface area (Å²) in [6, 6.07) is 10.2. The van der Waals surface area contributed by atoms with Gasteiger partial charge in [-0.1, -0.05) is 24.6 Å². The molecule has 0 spiro atoms. The third-order valence-corrected chi connectivity index (χ3v) is 9.40. The summed E-state index contributed by atoms with van der Waals surface area (Å²) in [6.07, 6.45) is 5.00. The van der Waals surface area contributed by atoms with Crippen molar-refractivity contribution in [1.82, 2.24) is 9.62 Å². The zero-order valence-electron chi connectivity index (χ0n) is 18.2. The Labute approximate surface area is 189 Å². The van der Waals surface area contributed by atoms with Crippen LogP contribution < -0.4 is 4.72 Å². The Morgan fingerprint density at radius 1 is 1.06 bits per heavy atom. The Kier molecular flexibility index (Phi) is 6.07. The predicted molar refractivity (Wildman–Crippen MR) is 121 cm³/mol. The lowest BCUT2D eigenvalue weighted by molar-refractivity contribution is 0.145. The molecule has 1 N–H and O–H groups in total. The van der Waals surface area contributed by atoms with Crippen molar-refractivity contribution in [2.45, 2.75) is 56.2 Å². The Balaban J connectivity index is 1.40. The average molecular weight is 461 g/mol. The summed E-state index contributed by atoms with van der Waals surface area (Å²) in [4.78, 5) is 2.43. The van der Waals surface area contributed by atoms with Gasteiger partial charge in [0.2, 0.25) is 10.0 Å². The van der Waals surface area contributed by atoms with Crippen molar-refractivity contribution < 1.29 is 17.2 Å². The van der Waals surface area contributed by atoms with Crippen LogP contribution in [0.25, 0.3) is 0 Å². The van der Waals surface area contributed by atoms with Crippen LogP contribution >= 0.6 is 0 Å². The molecule has 2 aromatic rings. The van der Waals surface area contributed by atoms with Gasteiger partial charge in [-0.3, -0.25) is 0 Å². The minimum absolute atomic E-state index is 0.0264. The lowest BCUT2D eigenvalue weighted by atomic mass is 9.85. The van der Waals surface area contributed by atoms with Crippen molar-refractivity contribution in [3.8, 4) is 0 Å². The van der Waals surface area contributed by atoms with Crippen molar-refractivity contribution in [2.75, 3.05) is 19.6 Å². The lowest BCUT2D eigenvalue weighted by Crippen LogP contribution is -2.41. The molecule has 2 fully saturated rings. The van der Waals surface area contributed by atoms with E-state index in [1.54, 1.807) is 18.2 Å². The van der Waals surface area contributed by atoms with Crippen molar-refractivity contribution in [3.63, 3.8) is 0 Å². The molecular weight excluding hydrogens is 430 g/mol. The van der Waals surface area contributed by atoms with E-state index in [0.717, 1.165) is 49.2 Å². The zero-order chi connectivity index (χ0) is 22.3. The fraction of sp³-hybridized carbons (Fsp3) is 0.520. The van der Waals surface area contributed by atoms with Gasteiger partial charge in [-0.15, -0.1) is 0 Å². The van der Waals surface area contributed by atoms with E-state index in [1.165, 1.54) is 12.5 Å². The van der Waals surface area contributed by atoms with Gasteiger partial charge < -0.3 is 4.90 Å². The number of hydrogen-bond acceptors (Lipinski definition) is 3. The first-order valence-electron chi connectivity index (χ1n) is 11.7. The molecule has 0 bridgehead atoms. The van der Waals surface area contributed by atoms with E-state index >= 15 is 0 Å². The monoisotopic (exact) mass is 460 g/mol. The number of nitrogens with one attached hydrogen (secondary N) is 1. The van der Waals surface area contributed by atoms with E-state index in [2.05, 4.69) is 9.62 Å². The number of nitrogens with zero attached hydrogens (tertiary/aromatic N) is 1. The van der Waals surface area contributed by atoms with Crippen LogP contribution in [0.5, 0.6) is 0 Å². The maximum Gasteiger partial charge on any atom is 0.214 e. The number of sulfonamides is 1. The maximum atomic E-state index is 14.9. The van der Waals surface area contributed by atoms with Gasteiger partial charge >= 0.3 is 0 Å². The van der Waals surface area contributed by atoms with Gasteiger partial charge in [0.25, 0.3) is 0 Å². The highest BCUT2D eigenvalue weighted by atomic mass is 32.2. The minimum Gasteiger partial charge on any atom is -0.303 e. The highest BCUT2D eigenvalue weighted by molar-refractivity contribution is 7.90. The molecule has 1 saturated carbocycles. The van der Waals surface area contributed by atoms with Crippen LogP contribution in [-0.2, 0) is 29.4 Å². The Morgan fingerprint density at radius 2 is 1.88 bits per heavy atom. The summed E-state index contributed by atoms with van der Waals surface area (Å²) in [5.74, 6) is -0.0933. The van der Waals surface area contributed by atoms with Crippen LogP contribution in [0.15, 0.2) is 36.4 Å². The van der Waals surface area contributed by atoms with Gasteiger partial charge in [-0.05, 0) is 91.9 Å². The number of hydrogen-bond donors (Lipinski definition) is 1. The molecule has 2 aromatic carbocycles. The number of fused-ring (bicyclic) bond motifs is 1. The Hall–Kier alpha value is -1.83. The molecule has 2 atom stereocenters. The summed E-state index contributed by atoms with van der Waals surface area (Å²) in [5, 5.41) is -0.346. The first-order valence-corrected chi connectivity index (χ1v) is 13.2. The van der Waals surface area contributed by atoms with Crippen LogP contribution in [0, 0.1) is 17.6 Å². The van der Waals surface area contributed by atoms with Gasteiger partial charge in [0.15, 0.2) is 0 Å². The van der Waals surface area contributed by atoms with Gasteiger partial charge in [-0.2, -0.15) is 0 Å². The summed E-state index contributed by atoms with van der Waals surface area (Å²) < 4.78 is 56.1. The van der Waals surface area contributed by atoms with E-state index in [4.69, 9.17) is 0 Å². The molecule has 4 nitrogen and oxygen atoms in total. The summed E-state index contributed by atoms with van der Waals surface area (Å²) in [6.45, 7) is 3.13. The highest BCUT2D eigenvalue weighted by Crippen LogP contribution is 2.42. The van der Waals surface area contributed by atoms with Crippen LogP contribution in [0.3, 0.4) is 0 Å². The second kappa shape index (κ2) is 8.84. The first kappa shape index (κ1) is 22.0. The van der Waals surface area contributed by atoms with Crippen molar-refractivity contribution >= 4 is 10.0 Å². The second-order valence-corrected chi connectivity index (χ2v) is 11.7. The number of likely N-dealkylation sites (tertiary alicyclic amines) is 1. The Bertz CT molecular complexity index is 1100. The standard InChI is InChI=1S/C25H30F2N2O2S/c26-21-5-1-4-17(10-21)11-23-20(16-29-8-3-9-29)12-18-14-25(27)19(13-24(18)23)15-28-32(30,31)22-6-2-7-22/h1,4-5,10,13-14,20,22-23,28H,2-3,6-9,11-12,15-16H2. The molecule has 2 unspecified atom stereocenters. The van der Waals surface area contributed by atoms with Gasteiger partial charge in [-0.25, -0.2) is 21.9 Å². The molecule has 0 aromatic heterocycles. The van der Waals surface area contributed by atoms with Crippen molar-refractivity contribution in [1.29, 1.82) is 0 Å². The molecule has 1 aliphatic heterocycles. The van der Waals surface area contributed by atoms with Crippen LogP contribution in [0.4, 0.5) is 8.78 Å². The minimum atomic E-state index is -3.41. The largest absolute Gasteiger partial charge is 0.303 e. The van der Waals surface area contributed by atoms with Crippen LogP contribution in [0.1, 0.15) is 53.9 Å². The third-order valence-electron chi connectivity index (χ3n) is 7.50. The van der Waals surface area contributed by atoms with Crippen molar-refractivity contribution in [3.05, 3.63) is 70.3 Å². The summed E-state index contributed by atoms with van der Waals surface area (Å²) in [5.41, 5.74) is 3.41. The molecule has 1 heterocycles. The van der Waals surface area contributed by atoms with Gasteiger partial charge in [0.05, 0.1) is 5.25 Å². The fourth-order valence-corrected chi connectivity index (χ4v) is 6.82. The topological polar surface area (TPSA) is 49.4 Å². The molecule has 0 radical (unpaired) electrons. The molecule has 7 heteroatoms. The van der Waals surface area contributed by atoms with Gasteiger partial charge in [0.1, 0.15) is 11.6 Å². The van der Waals surface area contributed by atoms with E-state index < -0.39 is 10.0 Å². The van der Waals surface area contributed by atoms with Crippen LogP contribution in [-0.4, -0.2) is 38.2 Å². The predicted octanol–water partition coefficient (Wildman–Crippen LogP) is 4.14. The molecule has 3 aliphatic rings. The Morgan fingerprint density at radius 3 is 2.53 bits per heavy atom. The summed E-state index contributed by atoms with van der Waals surface area (Å²) in [7, 11) is -3.41. The molecule has 172 valence electrons. The van der Waals surface area contributed by atoms with E-state index in [1.807, 2.05) is 12.1 Å². The molecule has 2 aliphatic carbocycles. The fourth-order valence-electron chi connectivity index (χ4n) is 5.27. The molecule has 32 heavy (non-hydrogen) atoms. The van der Waals surface area contributed by atoms with E-state index in [-0.39, 0.29) is 29.3 Å². The van der Waals surface area contributed by atoms with Crippen molar-refractivity contribution in [2.24, 2.45) is 5.92 Å². The summed E-state index contributed by atoms with van der Waals surface area (Å²) >= 11 is 0. The molecule has 5 rings (SSSR count). The normalized spacial score (nSPS) is 23.6. The number of benzene rings is 2. The molecule has 1 saturated heterocycles. The molecular formula is C25H30F2N2O2S. The van der Waals surface area contributed by atoms with E-state index in [9.17, 15) is 17.2 Å². The van der Waals surface area contributed by atoms with E-state index in [0.29, 0.717) is 30.7 Å². The van der Waals surface area contributed by atoms with Gasteiger partial charge in [0, 0.05) is 18.7 Å². The molecule has 0 amide bonds. The maximum absolute atomic E-state index is 14.9. The first-order chi connectivity index (χ1) is 15.4. The number of halogens is 2. The highest BCUT2D eigenvalue weighted by Gasteiger charge is 2.36. The SMILES string of the molecule is O=S(=O)(NCc1cc2c(cc1F)CC(CN1CCC1)C2Cc1cccc(F)c1)C1CCC1. The third kappa shape index (κ3) is 4.47.